The van der Waals surface area contributed by atoms with Crippen LogP contribution in [0.15, 0.2) is 45.9 Å². The molecule has 0 radical (unpaired) electrons. The van der Waals surface area contributed by atoms with E-state index in [1.807, 2.05) is 44.2 Å². The number of ketones is 1. The van der Waals surface area contributed by atoms with Gasteiger partial charge in [0.05, 0.1) is 16.4 Å². The zero-order chi connectivity index (χ0) is 13.8. The third-order valence-electron chi connectivity index (χ3n) is 2.62. The first-order valence-corrected chi connectivity index (χ1v) is 7.81. The van der Waals surface area contributed by atoms with Crippen molar-refractivity contribution < 1.29 is 4.79 Å². The molecule has 0 aliphatic heterocycles. The second kappa shape index (κ2) is 6.39. The average Bonchev–Trinajstić information content (AvgIpc) is 2.79. The molecule has 0 fully saturated rings. The van der Waals surface area contributed by atoms with Crippen molar-refractivity contribution in [2.45, 2.75) is 24.8 Å². The fourth-order valence-electron chi connectivity index (χ4n) is 1.73. The highest BCUT2D eigenvalue weighted by molar-refractivity contribution is 9.10. The lowest BCUT2D eigenvalue weighted by molar-refractivity contribution is 0.101. The van der Waals surface area contributed by atoms with Gasteiger partial charge >= 0.3 is 0 Å². The van der Waals surface area contributed by atoms with Crippen LogP contribution in [0.1, 0.15) is 30.4 Å². The fraction of sp³-hybridized carbons (Fsp3) is 0.286. The van der Waals surface area contributed by atoms with Gasteiger partial charge in [0.2, 0.25) is 0 Å². The molecule has 19 heavy (non-hydrogen) atoms. The number of Topliss-reactive ketones (excluding diaryl/α,β-unsaturated/α-hetero) is 1. The highest BCUT2D eigenvalue weighted by atomic mass is 79.9. The van der Waals surface area contributed by atoms with Gasteiger partial charge in [0.15, 0.2) is 5.78 Å². The van der Waals surface area contributed by atoms with Gasteiger partial charge in [-0.3, -0.25) is 9.48 Å². The van der Waals surface area contributed by atoms with E-state index in [0.717, 1.165) is 9.37 Å². The molecule has 0 unspecified atom stereocenters. The molecule has 0 atom stereocenters. The Hall–Kier alpha value is -1.07. The summed E-state index contributed by atoms with van der Waals surface area (Å²) in [5.74, 6) is 0.507. The molecule has 1 aromatic heterocycles. The van der Waals surface area contributed by atoms with Crippen molar-refractivity contribution >= 4 is 33.5 Å². The third kappa shape index (κ3) is 3.48. The van der Waals surface area contributed by atoms with E-state index in [2.05, 4.69) is 21.0 Å². The maximum atomic E-state index is 12.3. The molecule has 2 aromatic rings. The lowest BCUT2D eigenvalue weighted by Crippen LogP contribution is -2.14. The summed E-state index contributed by atoms with van der Waals surface area (Å²) < 4.78 is 2.53. The molecule has 0 saturated carbocycles. The molecule has 0 amide bonds. The number of carbonyl (C=O) groups is 1. The number of carbonyl (C=O) groups excluding carboxylic acids is 1. The Morgan fingerprint density at radius 1 is 1.37 bits per heavy atom. The first-order chi connectivity index (χ1) is 9.09. The Morgan fingerprint density at radius 3 is 2.68 bits per heavy atom. The van der Waals surface area contributed by atoms with Gasteiger partial charge in [-0.25, -0.2) is 0 Å². The predicted molar refractivity (Wildman–Crippen MR) is 81.8 cm³/mol. The third-order valence-corrected chi connectivity index (χ3v) is 4.21. The predicted octanol–water partition coefficient (Wildman–Crippen LogP) is 4.20. The maximum Gasteiger partial charge on any atom is 0.192 e. The smallest absolute Gasteiger partial charge is 0.192 e. The largest absolute Gasteiger partial charge is 0.291 e. The number of benzene rings is 1. The van der Waals surface area contributed by atoms with E-state index in [9.17, 15) is 4.79 Å². The van der Waals surface area contributed by atoms with Crippen LogP contribution in [0.2, 0.25) is 0 Å². The molecule has 1 aromatic carbocycles. The van der Waals surface area contributed by atoms with E-state index in [-0.39, 0.29) is 11.8 Å². The van der Waals surface area contributed by atoms with Crippen LogP contribution in [-0.4, -0.2) is 21.3 Å². The molecule has 1 heterocycles. The molecule has 0 N–H and O–H groups in total. The first kappa shape index (κ1) is 14.3. The SMILES string of the molecule is CC(C)n1ncc(Br)c1C(=O)CSc1ccccc1. The van der Waals surface area contributed by atoms with Crippen LogP contribution in [0, 0.1) is 0 Å². The number of aromatic nitrogens is 2. The first-order valence-electron chi connectivity index (χ1n) is 6.03. The lowest BCUT2D eigenvalue weighted by Gasteiger charge is -2.10. The lowest BCUT2D eigenvalue weighted by atomic mass is 10.3. The van der Waals surface area contributed by atoms with Gasteiger partial charge in [-0.05, 0) is 41.9 Å². The Morgan fingerprint density at radius 2 is 2.05 bits per heavy atom. The van der Waals surface area contributed by atoms with Crippen molar-refractivity contribution in [3.05, 3.63) is 46.7 Å². The van der Waals surface area contributed by atoms with Gasteiger partial charge in [-0.2, -0.15) is 5.10 Å². The minimum Gasteiger partial charge on any atom is -0.291 e. The van der Waals surface area contributed by atoms with Crippen LogP contribution >= 0.6 is 27.7 Å². The Kier molecular flexibility index (Phi) is 4.82. The zero-order valence-corrected chi connectivity index (χ0v) is 13.2. The highest BCUT2D eigenvalue weighted by Gasteiger charge is 2.18. The Balaban J connectivity index is 2.10. The molecule has 0 saturated heterocycles. The van der Waals surface area contributed by atoms with E-state index < -0.39 is 0 Å². The zero-order valence-electron chi connectivity index (χ0n) is 10.8. The minimum absolute atomic E-state index is 0.0897. The molecule has 0 aliphatic rings. The van der Waals surface area contributed by atoms with Gasteiger partial charge in [-0.15, -0.1) is 11.8 Å². The fourth-order valence-corrected chi connectivity index (χ4v) is 3.01. The monoisotopic (exact) mass is 338 g/mol. The molecular formula is C14H15BrN2OS. The molecule has 2 rings (SSSR count). The Labute approximate surface area is 125 Å². The van der Waals surface area contributed by atoms with E-state index in [0.29, 0.717) is 11.4 Å². The molecule has 3 nitrogen and oxygen atoms in total. The molecule has 100 valence electrons. The normalized spacial score (nSPS) is 10.9. The van der Waals surface area contributed by atoms with Crippen molar-refractivity contribution in [2.24, 2.45) is 0 Å². The number of rotatable bonds is 5. The van der Waals surface area contributed by atoms with Crippen LogP contribution in [0.4, 0.5) is 0 Å². The van der Waals surface area contributed by atoms with E-state index >= 15 is 0 Å². The molecular weight excluding hydrogens is 324 g/mol. The number of nitrogens with zero attached hydrogens (tertiary/aromatic N) is 2. The van der Waals surface area contributed by atoms with E-state index in [1.165, 1.54) is 0 Å². The van der Waals surface area contributed by atoms with Gasteiger partial charge in [-0.1, -0.05) is 18.2 Å². The van der Waals surface area contributed by atoms with Crippen LogP contribution in [0.5, 0.6) is 0 Å². The maximum absolute atomic E-state index is 12.3. The quantitative estimate of drug-likeness (QED) is 0.605. The summed E-state index contributed by atoms with van der Waals surface area (Å²) in [4.78, 5) is 13.4. The number of thioether (sulfide) groups is 1. The topological polar surface area (TPSA) is 34.9 Å². The van der Waals surface area contributed by atoms with E-state index in [1.54, 1.807) is 22.6 Å². The summed E-state index contributed by atoms with van der Waals surface area (Å²) in [6.45, 7) is 4.03. The van der Waals surface area contributed by atoms with Gasteiger partial charge in [0, 0.05) is 10.9 Å². The standard InChI is InChI=1S/C14H15BrN2OS/c1-10(2)17-14(12(15)8-16-17)13(18)9-19-11-6-4-3-5-7-11/h3-8,10H,9H2,1-2H3. The molecule has 0 bridgehead atoms. The van der Waals surface area contributed by atoms with Gasteiger partial charge < -0.3 is 0 Å². The average molecular weight is 339 g/mol. The van der Waals surface area contributed by atoms with Crippen LogP contribution in [-0.2, 0) is 0 Å². The minimum atomic E-state index is 0.0897. The molecule has 0 spiro atoms. The van der Waals surface area contributed by atoms with Crippen LogP contribution in [0.25, 0.3) is 0 Å². The highest BCUT2D eigenvalue weighted by Crippen LogP contribution is 2.24. The van der Waals surface area contributed by atoms with Gasteiger partial charge in [0.25, 0.3) is 0 Å². The van der Waals surface area contributed by atoms with E-state index in [4.69, 9.17) is 0 Å². The summed E-state index contributed by atoms with van der Waals surface area (Å²) in [6, 6.07) is 10.1. The number of hydrogen-bond acceptors (Lipinski definition) is 3. The summed E-state index contributed by atoms with van der Waals surface area (Å²) >= 11 is 4.94. The van der Waals surface area contributed by atoms with Crippen molar-refractivity contribution in [1.29, 1.82) is 0 Å². The second-order valence-corrected chi connectivity index (χ2v) is 6.31. The second-order valence-electron chi connectivity index (χ2n) is 4.40. The number of halogens is 1. The number of hydrogen-bond donors (Lipinski definition) is 0. The summed E-state index contributed by atoms with van der Waals surface area (Å²) in [7, 11) is 0. The summed E-state index contributed by atoms with van der Waals surface area (Å²) in [5, 5.41) is 4.23. The Bertz CT molecular complexity index is 566. The van der Waals surface area contributed by atoms with Crippen molar-refractivity contribution in [3.8, 4) is 0 Å². The molecule has 0 aliphatic carbocycles. The van der Waals surface area contributed by atoms with Gasteiger partial charge in [0.1, 0.15) is 5.69 Å². The van der Waals surface area contributed by atoms with Crippen molar-refractivity contribution in [2.75, 3.05) is 5.75 Å². The summed E-state index contributed by atoms with van der Waals surface area (Å²) in [5.41, 5.74) is 0.651. The van der Waals surface area contributed by atoms with Crippen LogP contribution < -0.4 is 0 Å². The summed E-state index contributed by atoms with van der Waals surface area (Å²) in [6.07, 6.45) is 1.68. The van der Waals surface area contributed by atoms with Crippen molar-refractivity contribution in [3.63, 3.8) is 0 Å². The van der Waals surface area contributed by atoms with Crippen molar-refractivity contribution in [1.82, 2.24) is 9.78 Å². The van der Waals surface area contributed by atoms with Crippen LogP contribution in [0.3, 0.4) is 0 Å². The molecule has 5 heteroatoms.